The number of carbonyl (C=O) groups is 3. The summed E-state index contributed by atoms with van der Waals surface area (Å²) in [5.74, 6) is -1.58. The van der Waals surface area contributed by atoms with E-state index in [0.717, 1.165) is 24.8 Å². The van der Waals surface area contributed by atoms with Crippen LogP contribution in [0.3, 0.4) is 0 Å². The van der Waals surface area contributed by atoms with Gasteiger partial charge in [0.2, 0.25) is 0 Å². The van der Waals surface area contributed by atoms with Crippen LogP contribution in [0.1, 0.15) is 73.1 Å². The van der Waals surface area contributed by atoms with Gasteiger partial charge in [0.05, 0.1) is 5.92 Å². The van der Waals surface area contributed by atoms with Crippen molar-refractivity contribution in [2.24, 2.45) is 22.7 Å². The predicted molar refractivity (Wildman–Crippen MR) is 114 cm³/mol. The number of allylic oxidation sites excluding steroid dienone is 2. The standard InChI is InChI=1S/C24H36O6/c1-16-7-6-8-21-23(16,4)13-10-20(22(27)28)24(21,5)12-9-19(15-30-18(3)26)11-14-29-17(2)25/h7,11,20-21H,6,8-10,12-15H2,1-5H3,(H,27,28). The molecule has 0 aliphatic heterocycles. The molecule has 4 atom stereocenters. The van der Waals surface area contributed by atoms with E-state index in [-0.39, 0.29) is 41.9 Å². The largest absolute Gasteiger partial charge is 0.481 e. The summed E-state index contributed by atoms with van der Waals surface area (Å²) in [6.45, 7) is 9.55. The molecule has 6 nitrogen and oxygen atoms in total. The number of fused-ring (bicyclic) bond motifs is 1. The molecule has 0 aromatic heterocycles. The monoisotopic (exact) mass is 420 g/mol. The highest BCUT2D eigenvalue weighted by molar-refractivity contribution is 5.71. The van der Waals surface area contributed by atoms with Crippen LogP contribution < -0.4 is 0 Å². The fourth-order valence-electron chi connectivity index (χ4n) is 5.63. The Morgan fingerprint density at radius 1 is 1.17 bits per heavy atom. The highest BCUT2D eigenvalue weighted by Crippen LogP contribution is 2.62. The molecule has 4 unspecified atom stereocenters. The summed E-state index contributed by atoms with van der Waals surface area (Å²) < 4.78 is 10.2. The summed E-state index contributed by atoms with van der Waals surface area (Å²) in [5, 5.41) is 10.0. The first-order valence-electron chi connectivity index (χ1n) is 10.9. The van der Waals surface area contributed by atoms with Gasteiger partial charge in [-0.05, 0) is 73.8 Å². The first-order chi connectivity index (χ1) is 14.0. The third kappa shape index (κ3) is 5.32. The average Bonchev–Trinajstić information content (AvgIpc) is 2.64. The van der Waals surface area contributed by atoms with Crippen LogP contribution in [0, 0.1) is 22.7 Å². The second-order valence-corrected chi connectivity index (χ2v) is 9.32. The Kier molecular flexibility index (Phi) is 7.89. The lowest BCUT2D eigenvalue weighted by Crippen LogP contribution is -2.52. The Morgan fingerprint density at radius 2 is 1.83 bits per heavy atom. The Morgan fingerprint density at radius 3 is 2.43 bits per heavy atom. The molecule has 30 heavy (non-hydrogen) atoms. The van der Waals surface area contributed by atoms with Gasteiger partial charge in [0.15, 0.2) is 0 Å². The molecule has 1 fully saturated rings. The van der Waals surface area contributed by atoms with Crippen LogP contribution in [0.15, 0.2) is 23.3 Å². The van der Waals surface area contributed by atoms with Crippen molar-refractivity contribution in [1.29, 1.82) is 0 Å². The molecule has 6 heteroatoms. The normalized spacial score (nSPS) is 31.4. The number of carboxylic acid groups (broad SMARTS) is 1. The van der Waals surface area contributed by atoms with E-state index >= 15 is 0 Å². The molecule has 2 aliphatic carbocycles. The number of hydrogen-bond acceptors (Lipinski definition) is 5. The summed E-state index contributed by atoms with van der Waals surface area (Å²) in [5.41, 5.74) is 1.88. The maximum atomic E-state index is 12.2. The summed E-state index contributed by atoms with van der Waals surface area (Å²) >= 11 is 0. The topological polar surface area (TPSA) is 89.9 Å². The molecule has 0 heterocycles. The molecule has 0 amide bonds. The molecule has 2 rings (SSSR count). The number of carbonyl (C=O) groups excluding carboxylic acids is 2. The van der Waals surface area contributed by atoms with Crippen molar-refractivity contribution >= 4 is 17.9 Å². The minimum Gasteiger partial charge on any atom is -0.481 e. The number of esters is 2. The summed E-state index contributed by atoms with van der Waals surface area (Å²) in [6, 6.07) is 0. The van der Waals surface area contributed by atoms with Crippen molar-refractivity contribution in [2.45, 2.75) is 73.1 Å². The van der Waals surface area contributed by atoms with Crippen molar-refractivity contribution in [3.8, 4) is 0 Å². The maximum absolute atomic E-state index is 12.2. The molecular weight excluding hydrogens is 384 g/mol. The van der Waals surface area contributed by atoms with E-state index in [1.54, 1.807) is 6.08 Å². The van der Waals surface area contributed by atoms with Gasteiger partial charge in [-0.15, -0.1) is 0 Å². The van der Waals surface area contributed by atoms with E-state index in [0.29, 0.717) is 19.3 Å². The van der Waals surface area contributed by atoms with Crippen LogP contribution in [-0.2, 0) is 23.9 Å². The lowest BCUT2D eigenvalue weighted by molar-refractivity contribution is -0.156. The second kappa shape index (κ2) is 9.80. The van der Waals surface area contributed by atoms with Crippen LogP contribution in [0.5, 0.6) is 0 Å². The molecule has 1 saturated carbocycles. The Bertz CT molecular complexity index is 736. The van der Waals surface area contributed by atoms with Gasteiger partial charge in [-0.1, -0.05) is 25.5 Å². The minimum absolute atomic E-state index is 0.0243. The third-order valence-electron chi connectivity index (χ3n) is 7.52. The summed E-state index contributed by atoms with van der Waals surface area (Å²) in [4.78, 5) is 34.6. The first kappa shape index (κ1) is 24.2. The van der Waals surface area contributed by atoms with Crippen LogP contribution in [-0.4, -0.2) is 36.2 Å². The average molecular weight is 421 g/mol. The summed E-state index contributed by atoms with van der Waals surface area (Å²) in [6.07, 6.45) is 8.91. The number of ether oxygens (including phenoxy) is 2. The number of carboxylic acids is 1. The zero-order valence-electron chi connectivity index (χ0n) is 19.0. The van der Waals surface area contributed by atoms with E-state index in [1.165, 1.54) is 19.4 Å². The molecule has 0 aromatic carbocycles. The fraction of sp³-hybridized carbons (Fsp3) is 0.708. The van der Waals surface area contributed by atoms with Crippen molar-refractivity contribution in [3.63, 3.8) is 0 Å². The number of rotatable bonds is 8. The lowest BCUT2D eigenvalue weighted by Gasteiger charge is -2.57. The van der Waals surface area contributed by atoms with Gasteiger partial charge in [-0.2, -0.15) is 0 Å². The van der Waals surface area contributed by atoms with E-state index < -0.39 is 11.9 Å². The smallest absolute Gasteiger partial charge is 0.307 e. The first-order valence-corrected chi connectivity index (χ1v) is 10.9. The quantitative estimate of drug-likeness (QED) is 0.453. The van der Waals surface area contributed by atoms with Crippen molar-refractivity contribution < 1.29 is 29.0 Å². The molecule has 0 saturated heterocycles. The molecule has 1 N–H and O–H groups in total. The van der Waals surface area contributed by atoms with Crippen molar-refractivity contribution in [2.75, 3.05) is 13.2 Å². The van der Waals surface area contributed by atoms with Gasteiger partial charge in [0, 0.05) is 13.8 Å². The number of hydrogen-bond donors (Lipinski definition) is 1. The van der Waals surface area contributed by atoms with E-state index in [1.807, 2.05) is 0 Å². The predicted octanol–water partition coefficient (Wildman–Crippen LogP) is 4.68. The van der Waals surface area contributed by atoms with Crippen molar-refractivity contribution in [1.82, 2.24) is 0 Å². The molecule has 0 bridgehead atoms. The Labute approximate surface area is 179 Å². The Balaban J connectivity index is 2.26. The van der Waals surface area contributed by atoms with Gasteiger partial charge in [-0.25, -0.2) is 0 Å². The molecule has 0 radical (unpaired) electrons. The highest BCUT2D eigenvalue weighted by Gasteiger charge is 2.56. The highest BCUT2D eigenvalue weighted by atomic mass is 16.5. The van der Waals surface area contributed by atoms with Crippen LogP contribution >= 0.6 is 0 Å². The summed E-state index contributed by atoms with van der Waals surface area (Å²) in [7, 11) is 0. The van der Waals surface area contributed by atoms with Gasteiger partial charge in [0.25, 0.3) is 0 Å². The van der Waals surface area contributed by atoms with E-state index in [4.69, 9.17) is 9.47 Å². The van der Waals surface area contributed by atoms with Gasteiger partial charge < -0.3 is 14.6 Å². The van der Waals surface area contributed by atoms with Crippen molar-refractivity contribution in [3.05, 3.63) is 23.3 Å². The SMILES string of the molecule is CC(=O)OCC=C(CCC1(C)C(C(=O)O)CCC2(C)C(C)=CCCC21)COC(C)=O. The Hall–Kier alpha value is -2.11. The lowest BCUT2D eigenvalue weighted by atomic mass is 9.46. The molecular formula is C24H36O6. The minimum atomic E-state index is -0.725. The van der Waals surface area contributed by atoms with Gasteiger partial charge in [0.1, 0.15) is 13.2 Å². The zero-order chi connectivity index (χ0) is 22.5. The zero-order valence-corrected chi connectivity index (χ0v) is 19.0. The third-order valence-corrected chi connectivity index (χ3v) is 7.52. The van der Waals surface area contributed by atoms with Gasteiger partial charge >= 0.3 is 17.9 Å². The van der Waals surface area contributed by atoms with Crippen LogP contribution in [0.4, 0.5) is 0 Å². The number of aliphatic carboxylic acids is 1. The van der Waals surface area contributed by atoms with E-state index in [2.05, 4.69) is 26.8 Å². The second-order valence-electron chi connectivity index (χ2n) is 9.32. The van der Waals surface area contributed by atoms with Crippen LogP contribution in [0.2, 0.25) is 0 Å². The van der Waals surface area contributed by atoms with Crippen LogP contribution in [0.25, 0.3) is 0 Å². The molecule has 0 aromatic rings. The molecule has 168 valence electrons. The molecule has 2 aliphatic rings. The van der Waals surface area contributed by atoms with E-state index in [9.17, 15) is 19.5 Å². The maximum Gasteiger partial charge on any atom is 0.307 e. The fourth-order valence-corrected chi connectivity index (χ4v) is 5.63. The molecule has 0 spiro atoms. The van der Waals surface area contributed by atoms with Gasteiger partial charge in [-0.3, -0.25) is 14.4 Å².